The van der Waals surface area contributed by atoms with Crippen molar-refractivity contribution in [1.82, 2.24) is 0 Å². The maximum Gasteiger partial charge on any atom is 0.140 e. The third-order valence-electron chi connectivity index (χ3n) is 12.6. The van der Waals surface area contributed by atoms with Crippen molar-refractivity contribution in [2.24, 2.45) is 0 Å². The van der Waals surface area contributed by atoms with Crippen LogP contribution in [0.4, 0.5) is 0 Å². The minimum Gasteiger partial charge on any atom is -0.456 e. The average Bonchev–Trinajstić information content (AvgIpc) is 3.74. The van der Waals surface area contributed by atoms with Crippen LogP contribution < -0.4 is 0 Å². The van der Waals surface area contributed by atoms with E-state index in [9.17, 15) is 0 Å². The van der Waals surface area contributed by atoms with E-state index in [1.807, 2.05) is 0 Å². The number of hydrogen-bond donors (Lipinski definition) is 0. The molecule has 1 nitrogen and oxygen atoms in total. The van der Waals surface area contributed by atoms with Gasteiger partial charge in [0.2, 0.25) is 0 Å². The van der Waals surface area contributed by atoms with Gasteiger partial charge < -0.3 is 4.42 Å². The molecule has 0 spiro atoms. The van der Waals surface area contributed by atoms with Gasteiger partial charge in [0.1, 0.15) is 11.2 Å². The molecule has 0 N–H and O–H groups in total. The van der Waals surface area contributed by atoms with Gasteiger partial charge in [-0.15, -0.1) is 0 Å². The van der Waals surface area contributed by atoms with Crippen molar-refractivity contribution >= 4 is 65.0 Å². The minimum atomic E-state index is -0.198. The zero-order chi connectivity index (χ0) is 37.1. The van der Waals surface area contributed by atoms with Crippen LogP contribution in [0.25, 0.3) is 110 Å². The smallest absolute Gasteiger partial charge is 0.140 e. The summed E-state index contributed by atoms with van der Waals surface area (Å²) >= 11 is 0. The third kappa shape index (κ3) is 4.31. The van der Waals surface area contributed by atoms with E-state index >= 15 is 0 Å². The van der Waals surface area contributed by atoms with Gasteiger partial charge in [0.15, 0.2) is 0 Å². The van der Waals surface area contributed by atoms with Crippen LogP contribution in [0.5, 0.6) is 0 Å². The lowest BCUT2D eigenvalue weighted by atomic mass is 9.81. The van der Waals surface area contributed by atoms with Crippen LogP contribution >= 0.6 is 0 Å². The van der Waals surface area contributed by atoms with Gasteiger partial charge in [-0.2, -0.15) is 0 Å². The summed E-state index contributed by atoms with van der Waals surface area (Å²) < 4.78 is 6.75. The Kier molecular flexibility index (Phi) is 6.46. The SMILES string of the molecule is CC1(C)c2ccc(-c3ccc(-c4c5ccccc5c(-c5cccc6ccccc56)c5ccccc45)cc3)cc2-c2ccc3c(oc4ccc5ccccc5c43)c21. The summed E-state index contributed by atoms with van der Waals surface area (Å²) in [6.45, 7) is 4.69. The summed E-state index contributed by atoms with van der Waals surface area (Å²) in [5.74, 6) is 0. The summed E-state index contributed by atoms with van der Waals surface area (Å²) in [5, 5.41) is 12.5. The van der Waals surface area contributed by atoms with E-state index in [0.717, 1.165) is 11.2 Å². The van der Waals surface area contributed by atoms with Gasteiger partial charge in [0.25, 0.3) is 0 Å². The predicted molar refractivity (Wildman–Crippen MR) is 238 cm³/mol. The highest BCUT2D eigenvalue weighted by Crippen LogP contribution is 2.54. The molecule has 1 aliphatic carbocycles. The second kappa shape index (κ2) is 11.5. The number of furan rings is 1. The molecule has 0 saturated carbocycles. The molecule has 0 aliphatic heterocycles. The van der Waals surface area contributed by atoms with E-state index in [4.69, 9.17) is 4.42 Å². The van der Waals surface area contributed by atoms with Crippen LogP contribution in [-0.2, 0) is 5.41 Å². The molecule has 11 aromatic rings. The van der Waals surface area contributed by atoms with Crippen molar-refractivity contribution in [3.63, 3.8) is 0 Å². The van der Waals surface area contributed by atoms with Gasteiger partial charge in [-0.05, 0) is 111 Å². The number of benzene rings is 10. The monoisotopic (exact) mass is 712 g/mol. The molecule has 262 valence electrons. The fourth-order valence-electron chi connectivity index (χ4n) is 10.1. The lowest BCUT2D eigenvalue weighted by Gasteiger charge is -2.21. The van der Waals surface area contributed by atoms with Crippen molar-refractivity contribution in [2.45, 2.75) is 19.3 Å². The Bertz CT molecular complexity index is 3370. The average molecular weight is 713 g/mol. The van der Waals surface area contributed by atoms with Gasteiger partial charge in [0, 0.05) is 21.8 Å². The number of hydrogen-bond acceptors (Lipinski definition) is 1. The summed E-state index contributed by atoms with van der Waals surface area (Å²) in [7, 11) is 0. The maximum absolute atomic E-state index is 6.75. The Morgan fingerprint density at radius 1 is 0.375 bits per heavy atom. The fraction of sp³-hybridized carbons (Fsp3) is 0.0545. The van der Waals surface area contributed by atoms with E-state index < -0.39 is 0 Å². The van der Waals surface area contributed by atoms with Crippen LogP contribution in [0.1, 0.15) is 25.0 Å². The van der Waals surface area contributed by atoms with E-state index in [2.05, 4.69) is 196 Å². The quantitative estimate of drug-likeness (QED) is 0.166. The topological polar surface area (TPSA) is 13.1 Å². The van der Waals surface area contributed by atoms with Gasteiger partial charge >= 0.3 is 0 Å². The predicted octanol–water partition coefficient (Wildman–Crippen LogP) is 15.5. The van der Waals surface area contributed by atoms with Gasteiger partial charge in [-0.3, -0.25) is 0 Å². The maximum atomic E-state index is 6.75. The molecule has 10 aromatic carbocycles. The number of fused-ring (bicyclic) bond motifs is 12. The molecule has 1 aromatic heterocycles. The van der Waals surface area contributed by atoms with Crippen LogP contribution in [0, 0.1) is 0 Å². The van der Waals surface area contributed by atoms with Gasteiger partial charge in [-0.25, -0.2) is 0 Å². The molecule has 0 amide bonds. The Balaban J connectivity index is 0.992. The molecule has 0 fully saturated rings. The molecule has 1 heterocycles. The summed E-state index contributed by atoms with van der Waals surface area (Å²) in [6, 6.07) is 67.1. The van der Waals surface area contributed by atoms with E-state index in [0.29, 0.717) is 0 Å². The second-order valence-electron chi connectivity index (χ2n) is 16.0. The first-order valence-corrected chi connectivity index (χ1v) is 19.6. The van der Waals surface area contributed by atoms with Crippen molar-refractivity contribution in [3.8, 4) is 44.5 Å². The summed E-state index contributed by atoms with van der Waals surface area (Å²) in [4.78, 5) is 0. The summed E-state index contributed by atoms with van der Waals surface area (Å²) in [6.07, 6.45) is 0. The Labute approximate surface area is 325 Å². The van der Waals surface area contributed by atoms with E-state index in [1.54, 1.807) is 0 Å². The third-order valence-corrected chi connectivity index (χ3v) is 12.6. The molecular formula is C55H36O. The normalized spacial score (nSPS) is 13.3. The molecule has 0 radical (unpaired) electrons. The first-order valence-electron chi connectivity index (χ1n) is 19.6. The van der Waals surface area contributed by atoms with E-state index in [1.165, 1.54) is 109 Å². The van der Waals surface area contributed by atoms with Crippen LogP contribution in [0.3, 0.4) is 0 Å². The molecule has 56 heavy (non-hydrogen) atoms. The molecule has 0 unspecified atom stereocenters. The first-order chi connectivity index (χ1) is 27.5. The van der Waals surface area contributed by atoms with E-state index in [-0.39, 0.29) is 5.41 Å². The van der Waals surface area contributed by atoms with Gasteiger partial charge in [0.05, 0.1) is 0 Å². The first kappa shape index (κ1) is 31.4. The van der Waals surface area contributed by atoms with Crippen molar-refractivity contribution in [1.29, 1.82) is 0 Å². The molecule has 0 saturated heterocycles. The van der Waals surface area contributed by atoms with Crippen molar-refractivity contribution in [2.75, 3.05) is 0 Å². The largest absolute Gasteiger partial charge is 0.456 e. The van der Waals surface area contributed by atoms with Crippen LogP contribution in [-0.4, -0.2) is 0 Å². The van der Waals surface area contributed by atoms with Crippen LogP contribution in [0.15, 0.2) is 186 Å². The standard InChI is InChI=1S/C55H36O/c1-55(2)48-30-26-37(32-47(48)45-28-29-46-52-39-16-6-4-13-35(39)27-31-49(52)56-54(46)53(45)55)33-22-24-36(25-23-33)50-41-17-7-9-19-43(41)51(44-20-10-8-18-42(44)50)40-21-11-14-34-12-3-5-15-38(34)40/h3-32H,1-2H3. The molecular weight excluding hydrogens is 677 g/mol. The molecule has 0 bridgehead atoms. The number of rotatable bonds is 3. The van der Waals surface area contributed by atoms with Gasteiger partial charge in [-0.1, -0.05) is 178 Å². The van der Waals surface area contributed by atoms with Crippen molar-refractivity contribution in [3.05, 3.63) is 193 Å². The second-order valence-corrected chi connectivity index (χ2v) is 16.0. The minimum absolute atomic E-state index is 0.198. The highest BCUT2D eigenvalue weighted by molar-refractivity contribution is 6.24. The summed E-state index contributed by atoms with van der Waals surface area (Å²) in [5.41, 5.74) is 14.4. The molecule has 1 aliphatic rings. The van der Waals surface area contributed by atoms with Crippen LogP contribution in [0.2, 0.25) is 0 Å². The molecule has 0 atom stereocenters. The Morgan fingerprint density at radius 2 is 0.946 bits per heavy atom. The molecule has 1 heteroatoms. The zero-order valence-corrected chi connectivity index (χ0v) is 31.2. The van der Waals surface area contributed by atoms with Crippen molar-refractivity contribution < 1.29 is 4.42 Å². The zero-order valence-electron chi connectivity index (χ0n) is 31.2. The highest BCUT2D eigenvalue weighted by atomic mass is 16.3. The molecule has 12 rings (SSSR count). The highest BCUT2D eigenvalue weighted by Gasteiger charge is 2.39. The fourth-order valence-corrected chi connectivity index (χ4v) is 10.1. The lowest BCUT2D eigenvalue weighted by molar-refractivity contribution is 0.620. The Morgan fingerprint density at radius 3 is 1.66 bits per heavy atom. The Hall–Kier alpha value is -6.96. The lowest BCUT2D eigenvalue weighted by Crippen LogP contribution is -2.15.